The molecule has 0 radical (unpaired) electrons. The summed E-state index contributed by atoms with van der Waals surface area (Å²) in [6.45, 7) is 4.46. The van der Waals surface area contributed by atoms with Crippen LogP contribution in [-0.4, -0.2) is 9.97 Å². The van der Waals surface area contributed by atoms with Crippen molar-refractivity contribution < 1.29 is 0 Å². The van der Waals surface area contributed by atoms with Crippen LogP contribution in [0.25, 0.3) is 77.4 Å². The van der Waals surface area contributed by atoms with Gasteiger partial charge in [-0.05, 0) is 110 Å². The first-order valence-electron chi connectivity index (χ1n) is 15.8. The summed E-state index contributed by atoms with van der Waals surface area (Å²) in [7, 11) is 0. The number of aromatic nitrogens is 2. The van der Waals surface area contributed by atoms with Crippen molar-refractivity contribution in [1.82, 2.24) is 9.97 Å². The summed E-state index contributed by atoms with van der Waals surface area (Å²) in [6, 6.07) is 52.0. The van der Waals surface area contributed by atoms with Gasteiger partial charge in [0, 0.05) is 23.5 Å². The number of hydrogen-bond acceptors (Lipinski definition) is 2. The van der Waals surface area contributed by atoms with E-state index >= 15 is 0 Å². The van der Waals surface area contributed by atoms with Crippen LogP contribution >= 0.6 is 0 Å². The summed E-state index contributed by atoms with van der Waals surface area (Å²) in [5.74, 6) is 0. The van der Waals surface area contributed by atoms with Crippen LogP contribution in [0.15, 0.2) is 158 Å². The Hall–Kier alpha value is -5.86. The molecular formula is C44H32N2. The lowest BCUT2D eigenvalue weighted by atomic mass is 9.82. The summed E-state index contributed by atoms with van der Waals surface area (Å²) in [6.07, 6.45) is 3.74. The fourth-order valence-electron chi connectivity index (χ4n) is 6.98. The summed E-state index contributed by atoms with van der Waals surface area (Å²) >= 11 is 0. The van der Waals surface area contributed by atoms with Gasteiger partial charge in [0.1, 0.15) is 0 Å². The average molecular weight is 589 g/mol. The Morgan fingerprint density at radius 2 is 0.826 bits per heavy atom. The minimum atomic E-state index is 0.985. The Balaban J connectivity index is 1.49. The Labute approximate surface area is 269 Å². The molecule has 2 heterocycles. The van der Waals surface area contributed by atoms with Gasteiger partial charge in [0.15, 0.2) is 0 Å². The largest absolute Gasteiger partial charge is 0.256 e. The smallest absolute Gasteiger partial charge is 0.0704 e. The van der Waals surface area contributed by atoms with Crippen LogP contribution < -0.4 is 0 Å². The van der Waals surface area contributed by atoms with Crippen LogP contribution in [0.2, 0.25) is 0 Å². The van der Waals surface area contributed by atoms with Gasteiger partial charge in [0.25, 0.3) is 0 Å². The highest BCUT2D eigenvalue weighted by atomic mass is 14.7. The zero-order valence-electron chi connectivity index (χ0n) is 25.9. The summed E-state index contributed by atoms with van der Waals surface area (Å²) in [4.78, 5) is 9.42. The summed E-state index contributed by atoms with van der Waals surface area (Å²) in [5.41, 5.74) is 14.1. The summed E-state index contributed by atoms with van der Waals surface area (Å²) in [5, 5.41) is 4.94. The van der Waals surface area contributed by atoms with Crippen LogP contribution in [0, 0.1) is 13.8 Å². The van der Waals surface area contributed by atoms with Crippen molar-refractivity contribution in [3.63, 3.8) is 0 Å². The lowest BCUT2D eigenvalue weighted by Crippen LogP contribution is -1.96. The third-order valence-corrected chi connectivity index (χ3v) is 9.22. The average Bonchev–Trinajstić information content (AvgIpc) is 3.12. The van der Waals surface area contributed by atoms with Gasteiger partial charge in [-0.25, -0.2) is 0 Å². The highest BCUT2D eigenvalue weighted by Crippen LogP contribution is 2.47. The number of benzene rings is 6. The fraction of sp³-hybridized carbons (Fsp3) is 0.0455. The number of pyridine rings is 2. The molecule has 46 heavy (non-hydrogen) atoms. The van der Waals surface area contributed by atoms with Gasteiger partial charge >= 0.3 is 0 Å². The Morgan fingerprint density at radius 1 is 0.348 bits per heavy atom. The number of rotatable bonds is 5. The molecule has 0 saturated carbocycles. The van der Waals surface area contributed by atoms with Crippen molar-refractivity contribution in [2.45, 2.75) is 13.8 Å². The lowest BCUT2D eigenvalue weighted by molar-refractivity contribution is 1.31. The molecule has 2 aromatic heterocycles. The predicted octanol–water partition coefficient (Wildman–Crippen LogP) is 11.7. The van der Waals surface area contributed by atoms with Gasteiger partial charge in [-0.15, -0.1) is 0 Å². The molecule has 0 bridgehead atoms. The maximum Gasteiger partial charge on any atom is 0.0704 e. The molecule has 0 aliphatic heterocycles. The molecule has 0 aliphatic rings. The highest BCUT2D eigenvalue weighted by Gasteiger charge is 2.21. The van der Waals surface area contributed by atoms with Gasteiger partial charge in [-0.1, -0.05) is 115 Å². The molecule has 8 rings (SSSR count). The Kier molecular flexibility index (Phi) is 6.96. The quantitative estimate of drug-likeness (QED) is 0.187. The van der Waals surface area contributed by atoms with E-state index in [9.17, 15) is 0 Å². The minimum Gasteiger partial charge on any atom is -0.256 e. The maximum atomic E-state index is 4.71. The molecular weight excluding hydrogens is 556 g/mol. The number of fused-ring (bicyclic) bond motifs is 2. The van der Waals surface area contributed by atoms with E-state index in [1.807, 2.05) is 24.5 Å². The molecule has 0 aliphatic carbocycles. The van der Waals surface area contributed by atoms with Crippen molar-refractivity contribution >= 4 is 21.5 Å². The molecule has 0 fully saturated rings. The van der Waals surface area contributed by atoms with E-state index in [1.54, 1.807) is 0 Å². The SMILES string of the molecule is Cc1c(-c2ccccn2)cccc1-c1c2ccccc2c(-c2cccc(-c3ccccn3)c2C)c2cc(-c3ccccc3)ccc12. The van der Waals surface area contributed by atoms with Gasteiger partial charge in [0.2, 0.25) is 0 Å². The second-order valence-electron chi connectivity index (χ2n) is 11.8. The predicted molar refractivity (Wildman–Crippen MR) is 194 cm³/mol. The summed E-state index contributed by atoms with van der Waals surface area (Å²) < 4.78 is 0. The Morgan fingerprint density at radius 3 is 1.37 bits per heavy atom. The van der Waals surface area contributed by atoms with Crippen molar-refractivity contribution in [2.75, 3.05) is 0 Å². The number of hydrogen-bond donors (Lipinski definition) is 0. The molecule has 0 unspecified atom stereocenters. The van der Waals surface area contributed by atoms with Gasteiger partial charge < -0.3 is 0 Å². The van der Waals surface area contributed by atoms with E-state index in [0.29, 0.717) is 0 Å². The minimum absolute atomic E-state index is 0.985. The van der Waals surface area contributed by atoms with Crippen LogP contribution in [0.3, 0.4) is 0 Å². The molecule has 2 nitrogen and oxygen atoms in total. The first-order valence-corrected chi connectivity index (χ1v) is 15.8. The standard InChI is InChI=1S/C44H32N2/c1-29-33(41-22-8-10-26-45-41)18-12-20-35(29)43-37-16-6-7-17-38(37)44(36-21-13-19-34(30(36)2)42-23-9-11-27-46-42)40-28-32(24-25-39(40)43)31-14-4-3-5-15-31/h3-28H,1-2H3. The van der Waals surface area contributed by atoms with Crippen LogP contribution in [-0.2, 0) is 0 Å². The third kappa shape index (κ3) is 4.67. The van der Waals surface area contributed by atoms with E-state index in [2.05, 4.69) is 147 Å². The second-order valence-corrected chi connectivity index (χ2v) is 11.8. The van der Waals surface area contributed by atoms with Crippen LogP contribution in [0.4, 0.5) is 0 Å². The van der Waals surface area contributed by atoms with Gasteiger partial charge in [-0.3, -0.25) is 9.97 Å². The fourth-order valence-corrected chi connectivity index (χ4v) is 6.98. The molecule has 218 valence electrons. The maximum absolute atomic E-state index is 4.71. The monoisotopic (exact) mass is 588 g/mol. The van der Waals surface area contributed by atoms with Crippen molar-refractivity contribution in [1.29, 1.82) is 0 Å². The highest BCUT2D eigenvalue weighted by molar-refractivity contribution is 6.22. The number of nitrogens with zero attached hydrogens (tertiary/aromatic N) is 2. The van der Waals surface area contributed by atoms with Crippen LogP contribution in [0.5, 0.6) is 0 Å². The topological polar surface area (TPSA) is 25.8 Å². The van der Waals surface area contributed by atoms with E-state index in [0.717, 1.165) is 22.5 Å². The second kappa shape index (κ2) is 11.6. The van der Waals surface area contributed by atoms with Crippen molar-refractivity contribution in [3.8, 4) is 55.9 Å². The van der Waals surface area contributed by atoms with E-state index in [-0.39, 0.29) is 0 Å². The normalized spacial score (nSPS) is 11.3. The zero-order valence-corrected chi connectivity index (χ0v) is 25.9. The molecule has 0 spiro atoms. The zero-order chi connectivity index (χ0) is 31.0. The molecule has 0 atom stereocenters. The van der Waals surface area contributed by atoms with Gasteiger partial charge in [-0.2, -0.15) is 0 Å². The Bertz CT molecular complexity index is 2360. The molecule has 8 aromatic rings. The van der Waals surface area contributed by atoms with Crippen molar-refractivity contribution in [2.24, 2.45) is 0 Å². The molecule has 2 heteroatoms. The van der Waals surface area contributed by atoms with Crippen LogP contribution in [0.1, 0.15) is 11.1 Å². The van der Waals surface area contributed by atoms with E-state index < -0.39 is 0 Å². The van der Waals surface area contributed by atoms with E-state index in [4.69, 9.17) is 9.97 Å². The lowest BCUT2D eigenvalue weighted by Gasteiger charge is -2.22. The third-order valence-electron chi connectivity index (χ3n) is 9.22. The van der Waals surface area contributed by atoms with E-state index in [1.165, 1.54) is 66.1 Å². The first kappa shape index (κ1) is 27.7. The first-order chi connectivity index (χ1) is 22.7. The van der Waals surface area contributed by atoms with Crippen molar-refractivity contribution in [3.05, 3.63) is 169 Å². The molecule has 0 saturated heterocycles. The molecule has 0 N–H and O–H groups in total. The van der Waals surface area contributed by atoms with Gasteiger partial charge in [0.05, 0.1) is 11.4 Å². The molecule has 6 aromatic carbocycles. The molecule has 0 amide bonds.